The van der Waals surface area contributed by atoms with Gasteiger partial charge in [-0.2, -0.15) is 0 Å². The quantitative estimate of drug-likeness (QED) is 0.475. The summed E-state index contributed by atoms with van der Waals surface area (Å²) in [5.74, 6) is 0.571. The van der Waals surface area contributed by atoms with E-state index in [2.05, 4.69) is 0 Å². The summed E-state index contributed by atoms with van der Waals surface area (Å²) in [6.45, 7) is 0. The van der Waals surface area contributed by atoms with Gasteiger partial charge in [-0.3, -0.25) is 0 Å². The van der Waals surface area contributed by atoms with Gasteiger partial charge < -0.3 is 24.7 Å². The van der Waals surface area contributed by atoms with E-state index >= 15 is 0 Å². The first-order chi connectivity index (χ1) is 7.07. The fourth-order valence-electron chi connectivity index (χ4n) is 1.41. The zero-order chi connectivity index (χ0) is 11.9. The minimum Gasteiger partial charge on any atom is -0.376 e. The third-order valence-electron chi connectivity index (χ3n) is 2.39. The molecule has 0 heterocycles. The molecule has 0 saturated heterocycles. The molecule has 5 nitrogen and oxygen atoms in total. The van der Waals surface area contributed by atoms with Gasteiger partial charge in [0.1, 0.15) is 0 Å². The first-order valence-electron chi connectivity index (χ1n) is 4.80. The van der Waals surface area contributed by atoms with Crippen molar-refractivity contribution in [1.82, 2.24) is 0 Å². The highest BCUT2D eigenvalue weighted by molar-refractivity contribution is 6.62. The molecule has 0 fully saturated rings. The van der Waals surface area contributed by atoms with E-state index in [-0.39, 0.29) is 6.04 Å². The Balaban J connectivity index is 4.41. The largest absolute Gasteiger partial charge is 0.519 e. The lowest BCUT2D eigenvalue weighted by Gasteiger charge is -2.33. The molecule has 0 aromatic rings. The van der Waals surface area contributed by atoms with Crippen LogP contribution in [0.5, 0.6) is 0 Å². The second-order valence-electron chi connectivity index (χ2n) is 3.24. The van der Waals surface area contributed by atoms with Gasteiger partial charge in [-0.15, -0.1) is 11.6 Å². The van der Waals surface area contributed by atoms with Crippen molar-refractivity contribution in [2.75, 3.05) is 27.2 Å². The van der Waals surface area contributed by atoms with Gasteiger partial charge in [-0.25, -0.2) is 0 Å². The predicted molar refractivity (Wildman–Crippen MR) is 62.7 cm³/mol. The number of halogens is 1. The van der Waals surface area contributed by atoms with Crippen molar-refractivity contribution >= 4 is 20.4 Å². The molecule has 2 unspecified atom stereocenters. The smallest absolute Gasteiger partial charge is 0.376 e. The first kappa shape index (κ1) is 15.3. The molecule has 0 radical (unpaired) electrons. The normalized spacial score (nSPS) is 16.4. The number of alkyl halides is 1. The number of nitrogens with two attached hydrogens (primary N) is 2. The van der Waals surface area contributed by atoms with E-state index in [1.54, 1.807) is 0 Å². The molecule has 0 aliphatic carbocycles. The van der Waals surface area contributed by atoms with Crippen LogP contribution in [0, 0.1) is 0 Å². The summed E-state index contributed by atoms with van der Waals surface area (Å²) >= 11 is 5.59. The highest BCUT2D eigenvalue weighted by Gasteiger charge is 2.47. The van der Waals surface area contributed by atoms with Gasteiger partial charge in [0.25, 0.3) is 0 Å². The van der Waals surface area contributed by atoms with E-state index in [0.717, 1.165) is 12.8 Å². The Bertz CT molecular complexity index is 164. The number of hydrogen-bond donors (Lipinski definition) is 2. The standard InChI is InChI=1S/C8H21ClN2O3Si/c1-12-15(13-2,14-3)8(11)7(10)5-4-6-9/h7-8H,4-6,10-11H2,1-3H3. The molecule has 7 heteroatoms. The molecule has 15 heavy (non-hydrogen) atoms. The Hall–Kier alpha value is 0.307. The van der Waals surface area contributed by atoms with E-state index in [1.807, 2.05) is 0 Å². The topological polar surface area (TPSA) is 79.7 Å². The van der Waals surface area contributed by atoms with Crippen molar-refractivity contribution in [2.24, 2.45) is 11.5 Å². The lowest BCUT2D eigenvalue weighted by Crippen LogP contribution is -2.65. The molecule has 2 atom stereocenters. The lowest BCUT2D eigenvalue weighted by molar-refractivity contribution is 0.108. The minimum absolute atomic E-state index is 0.227. The molecular formula is C8H21ClN2O3Si. The van der Waals surface area contributed by atoms with E-state index in [4.69, 9.17) is 36.3 Å². The summed E-state index contributed by atoms with van der Waals surface area (Å²) in [5, 5.41) is 0. The molecule has 0 rings (SSSR count). The average Bonchev–Trinajstić information content (AvgIpc) is 2.28. The fraction of sp³-hybridized carbons (Fsp3) is 1.00. The van der Waals surface area contributed by atoms with Gasteiger partial charge >= 0.3 is 8.80 Å². The van der Waals surface area contributed by atoms with Crippen LogP contribution < -0.4 is 11.5 Å². The monoisotopic (exact) mass is 256 g/mol. The van der Waals surface area contributed by atoms with Gasteiger partial charge in [0.2, 0.25) is 0 Å². The maximum Gasteiger partial charge on any atom is 0.519 e. The highest BCUT2D eigenvalue weighted by atomic mass is 35.5. The molecular weight excluding hydrogens is 236 g/mol. The van der Waals surface area contributed by atoms with Crippen molar-refractivity contribution < 1.29 is 13.3 Å². The van der Waals surface area contributed by atoms with E-state index in [9.17, 15) is 0 Å². The van der Waals surface area contributed by atoms with E-state index < -0.39 is 14.5 Å². The first-order valence-corrected chi connectivity index (χ1v) is 7.14. The van der Waals surface area contributed by atoms with Crippen molar-refractivity contribution in [3.8, 4) is 0 Å². The predicted octanol–water partition coefficient (Wildman–Crippen LogP) is 0.0773. The SMILES string of the molecule is CO[Si](OC)(OC)C(N)C(N)CCCCl. The van der Waals surface area contributed by atoms with Crippen LogP contribution in [-0.2, 0) is 13.3 Å². The van der Waals surface area contributed by atoms with Crippen LogP contribution in [0.3, 0.4) is 0 Å². The molecule has 0 aliphatic heterocycles. The number of hydrogen-bond acceptors (Lipinski definition) is 5. The van der Waals surface area contributed by atoms with Crippen molar-refractivity contribution in [3.63, 3.8) is 0 Å². The summed E-state index contributed by atoms with van der Waals surface area (Å²) in [4.78, 5) is 0. The van der Waals surface area contributed by atoms with Crippen molar-refractivity contribution in [2.45, 2.75) is 24.5 Å². The van der Waals surface area contributed by atoms with Crippen LogP contribution in [0.25, 0.3) is 0 Å². The van der Waals surface area contributed by atoms with Gasteiger partial charge in [0.05, 0.1) is 5.67 Å². The summed E-state index contributed by atoms with van der Waals surface area (Å²) in [7, 11) is 1.74. The average molecular weight is 257 g/mol. The molecule has 92 valence electrons. The number of rotatable bonds is 8. The zero-order valence-electron chi connectivity index (χ0n) is 9.53. The van der Waals surface area contributed by atoms with Gasteiger partial charge in [0, 0.05) is 33.3 Å². The fourth-order valence-corrected chi connectivity index (χ4v) is 3.57. The summed E-state index contributed by atoms with van der Waals surface area (Å²) < 4.78 is 15.8. The van der Waals surface area contributed by atoms with E-state index in [1.165, 1.54) is 21.3 Å². The Morgan fingerprint density at radius 3 is 1.93 bits per heavy atom. The molecule has 0 spiro atoms. The van der Waals surface area contributed by atoms with Gasteiger partial charge in [-0.1, -0.05) is 0 Å². The molecule has 0 aromatic heterocycles. The molecule has 0 aliphatic rings. The zero-order valence-corrected chi connectivity index (χ0v) is 11.3. The van der Waals surface area contributed by atoms with Crippen LogP contribution in [0.4, 0.5) is 0 Å². The third kappa shape index (κ3) is 3.99. The summed E-state index contributed by atoms with van der Waals surface area (Å²) in [6, 6.07) is -0.227. The van der Waals surface area contributed by atoms with Gasteiger partial charge in [-0.05, 0) is 12.8 Å². The molecule has 0 saturated carbocycles. The van der Waals surface area contributed by atoms with Crippen LogP contribution >= 0.6 is 11.6 Å². The Morgan fingerprint density at radius 1 is 1.13 bits per heavy atom. The van der Waals surface area contributed by atoms with Crippen molar-refractivity contribution in [1.29, 1.82) is 0 Å². The Kier molecular flexibility index (Phi) is 7.71. The third-order valence-corrected chi connectivity index (χ3v) is 5.61. The van der Waals surface area contributed by atoms with Crippen LogP contribution in [0.15, 0.2) is 0 Å². The lowest BCUT2D eigenvalue weighted by atomic mass is 10.2. The summed E-state index contributed by atoms with van der Waals surface area (Å²) in [5.41, 5.74) is 11.5. The Labute approximate surface area is 97.4 Å². The molecule has 4 N–H and O–H groups in total. The second-order valence-corrected chi connectivity index (χ2v) is 6.71. The maximum atomic E-state index is 5.99. The summed E-state index contributed by atoms with van der Waals surface area (Å²) in [6.07, 6.45) is 1.55. The maximum absolute atomic E-state index is 5.99. The minimum atomic E-state index is -2.82. The molecule has 0 bridgehead atoms. The van der Waals surface area contributed by atoms with Crippen LogP contribution in [-0.4, -0.2) is 47.7 Å². The Morgan fingerprint density at radius 2 is 1.60 bits per heavy atom. The van der Waals surface area contributed by atoms with Crippen LogP contribution in [0.2, 0.25) is 0 Å². The molecule has 0 aromatic carbocycles. The highest BCUT2D eigenvalue weighted by Crippen LogP contribution is 2.14. The molecule has 0 amide bonds. The second kappa shape index (κ2) is 7.56. The van der Waals surface area contributed by atoms with Gasteiger partial charge in [0.15, 0.2) is 0 Å². The van der Waals surface area contributed by atoms with Crippen LogP contribution in [0.1, 0.15) is 12.8 Å². The van der Waals surface area contributed by atoms with E-state index in [0.29, 0.717) is 5.88 Å². The van der Waals surface area contributed by atoms with Crippen molar-refractivity contribution in [3.05, 3.63) is 0 Å².